The van der Waals surface area contributed by atoms with Crippen LogP contribution in [0.25, 0.3) is 11.0 Å². The normalized spacial score (nSPS) is 15.5. The lowest BCUT2D eigenvalue weighted by Crippen LogP contribution is -2.12. The van der Waals surface area contributed by atoms with E-state index < -0.39 is 5.97 Å². The number of hydrogen-bond acceptors (Lipinski definition) is 4. The second-order valence-corrected chi connectivity index (χ2v) is 6.13. The van der Waals surface area contributed by atoms with Crippen LogP contribution >= 0.6 is 23.2 Å². The van der Waals surface area contributed by atoms with E-state index in [9.17, 15) is 10.1 Å². The summed E-state index contributed by atoms with van der Waals surface area (Å²) in [6, 6.07) is 5.57. The topological polar surface area (TPSA) is 67.9 Å². The monoisotopic (exact) mass is 337 g/mol. The van der Waals surface area contributed by atoms with Crippen molar-refractivity contribution in [2.24, 2.45) is 5.41 Å². The predicted molar refractivity (Wildman–Crippen MR) is 82.9 cm³/mol. The molecule has 3 rings (SSSR count). The molecular formula is C15H13Cl2N3O2. The van der Waals surface area contributed by atoms with Crippen LogP contribution in [0.15, 0.2) is 12.1 Å². The summed E-state index contributed by atoms with van der Waals surface area (Å²) in [4.78, 5) is 16.2. The molecule has 0 amide bonds. The minimum absolute atomic E-state index is 0.208. The van der Waals surface area contributed by atoms with Gasteiger partial charge in [0.15, 0.2) is 0 Å². The Labute approximate surface area is 137 Å². The van der Waals surface area contributed by atoms with Crippen molar-refractivity contribution >= 4 is 40.2 Å². The molecule has 0 spiro atoms. The highest BCUT2D eigenvalue weighted by atomic mass is 35.5. The number of hydrogen-bond donors (Lipinski definition) is 0. The number of fused-ring (bicyclic) bond motifs is 1. The number of nitriles is 1. The number of methoxy groups -OCH3 is 1. The number of carbonyl (C=O) groups is 1. The highest BCUT2D eigenvalue weighted by molar-refractivity contribution is 6.35. The SMILES string of the molecule is COC(=O)c1cc(Cl)c2nc(CCl)n(CC3(C#N)CC3)c2c1. The predicted octanol–water partition coefficient (Wildman–Crippen LogP) is 3.52. The fraction of sp³-hybridized carbons (Fsp3) is 0.400. The number of benzene rings is 1. The summed E-state index contributed by atoms with van der Waals surface area (Å²) < 4.78 is 6.63. The number of alkyl halides is 1. The zero-order valence-electron chi connectivity index (χ0n) is 11.9. The molecule has 1 fully saturated rings. The zero-order valence-corrected chi connectivity index (χ0v) is 13.4. The van der Waals surface area contributed by atoms with E-state index in [1.165, 1.54) is 13.2 Å². The van der Waals surface area contributed by atoms with E-state index in [2.05, 4.69) is 11.1 Å². The van der Waals surface area contributed by atoms with Gasteiger partial charge in [0, 0.05) is 6.54 Å². The standard InChI is InChI=1S/C15H13Cl2N3O2/c1-22-14(21)9-4-10(17)13-11(5-9)20(12(6-16)19-13)8-15(7-18)2-3-15/h4-5H,2-3,6,8H2,1H3. The average Bonchev–Trinajstić information content (AvgIpc) is 3.22. The molecule has 0 unspecified atom stereocenters. The van der Waals surface area contributed by atoms with Crippen molar-refractivity contribution in [1.29, 1.82) is 5.26 Å². The number of nitrogens with zero attached hydrogens (tertiary/aromatic N) is 3. The molecule has 1 saturated carbocycles. The van der Waals surface area contributed by atoms with Crippen LogP contribution in [-0.4, -0.2) is 22.6 Å². The molecule has 1 aromatic carbocycles. The summed E-state index contributed by atoms with van der Waals surface area (Å²) >= 11 is 12.2. The van der Waals surface area contributed by atoms with Crippen LogP contribution in [0.3, 0.4) is 0 Å². The van der Waals surface area contributed by atoms with Gasteiger partial charge in [-0.15, -0.1) is 11.6 Å². The fourth-order valence-corrected chi connectivity index (χ4v) is 2.96. The Morgan fingerprint density at radius 3 is 2.82 bits per heavy atom. The Balaban J connectivity index is 2.18. The van der Waals surface area contributed by atoms with Gasteiger partial charge in [-0.2, -0.15) is 5.26 Å². The number of imidazole rings is 1. The van der Waals surface area contributed by atoms with Gasteiger partial charge in [-0.1, -0.05) is 11.6 Å². The zero-order chi connectivity index (χ0) is 15.9. The molecule has 1 aromatic heterocycles. The van der Waals surface area contributed by atoms with Gasteiger partial charge >= 0.3 is 5.97 Å². The fourth-order valence-electron chi connectivity index (χ4n) is 2.50. The van der Waals surface area contributed by atoms with Crippen LogP contribution in [0.2, 0.25) is 5.02 Å². The molecular weight excluding hydrogens is 325 g/mol. The molecule has 0 atom stereocenters. The van der Waals surface area contributed by atoms with Crippen molar-refractivity contribution in [3.63, 3.8) is 0 Å². The summed E-state index contributed by atoms with van der Waals surface area (Å²) in [5.41, 5.74) is 1.27. The second-order valence-electron chi connectivity index (χ2n) is 5.46. The Morgan fingerprint density at radius 1 is 1.55 bits per heavy atom. The molecule has 5 nitrogen and oxygen atoms in total. The molecule has 1 aliphatic carbocycles. The van der Waals surface area contributed by atoms with Crippen LogP contribution in [-0.2, 0) is 17.2 Å². The number of aromatic nitrogens is 2. The molecule has 7 heteroatoms. The Hall–Kier alpha value is -1.77. The lowest BCUT2D eigenvalue weighted by molar-refractivity contribution is 0.0601. The first kappa shape index (κ1) is 15.1. The van der Waals surface area contributed by atoms with Crippen molar-refractivity contribution in [3.8, 4) is 6.07 Å². The van der Waals surface area contributed by atoms with Gasteiger partial charge in [-0.05, 0) is 25.0 Å². The number of carbonyl (C=O) groups excluding carboxylic acids is 1. The third-order valence-electron chi connectivity index (χ3n) is 3.98. The maximum Gasteiger partial charge on any atom is 0.337 e. The number of rotatable bonds is 4. The molecule has 0 N–H and O–H groups in total. The number of ether oxygens (including phenoxy) is 1. The quantitative estimate of drug-likeness (QED) is 0.632. The Bertz CT molecular complexity index is 803. The van der Waals surface area contributed by atoms with E-state index in [0.717, 1.165) is 12.8 Å². The molecule has 1 heterocycles. The average molecular weight is 338 g/mol. The molecule has 1 aliphatic rings. The van der Waals surface area contributed by atoms with Crippen LogP contribution in [0.4, 0.5) is 0 Å². The second kappa shape index (κ2) is 5.45. The third kappa shape index (κ3) is 2.43. The number of halogens is 2. The summed E-state index contributed by atoms with van der Waals surface area (Å²) in [6.07, 6.45) is 1.71. The maximum absolute atomic E-state index is 11.8. The molecule has 114 valence electrons. The van der Waals surface area contributed by atoms with Crippen molar-refractivity contribution < 1.29 is 9.53 Å². The largest absolute Gasteiger partial charge is 0.465 e. The smallest absolute Gasteiger partial charge is 0.337 e. The van der Waals surface area contributed by atoms with Crippen LogP contribution in [0.1, 0.15) is 29.0 Å². The van der Waals surface area contributed by atoms with E-state index in [4.69, 9.17) is 27.9 Å². The van der Waals surface area contributed by atoms with E-state index in [-0.39, 0.29) is 11.3 Å². The maximum atomic E-state index is 11.8. The van der Waals surface area contributed by atoms with E-state index in [0.29, 0.717) is 34.0 Å². The van der Waals surface area contributed by atoms with Gasteiger partial charge in [-0.3, -0.25) is 0 Å². The third-order valence-corrected chi connectivity index (χ3v) is 4.51. The molecule has 0 radical (unpaired) electrons. The molecule has 0 saturated heterocycles. The van der Waals surface area contributed by atoms with Crippen LogP contribution in [0.5, 0.6) is 0 Å². The van der Waals surface area contributed by atoms with Crippen molar-refractivity contribution in [3.05, 3.63) is 28.5 Å². The van der Waals surface area contributed by atoms with Crippen molar-refractivity contribution in [2.45, 2.75) is 25.3 Å². The van der Waals surface area contributed by atoms with Gasteiger partial charge in [0.25, 0.3) is 0 Å². The molecule has 0 aliphatic heterocycles. The first-order chi connectivity index (χ1) is 10.5. The first-order valence-corrected chi connectivity index (χ1v) is 7.69. The summed E-state index contributed by atoms with van der Waals surface area (Å²) in [7, 11) is 1.32. The van der Waals surface area contributed by atoms with Gasteiger partial charge in [0.2, 0.25) is 0 Å². The van der Waals surface area contributed by atoms with Crippen molar-refractivity contribution in [1.82, 2.24) is 9.55 Å². The minimum atomic E-state index is -0.467. The summed E-state index contributed by atoms with van der Waals surface area (Å²) in [5.74, 6) is 0.382. The molecule has 22 heavy (non-hydrogen) atoms. The molecule has 2 aromatic rings. The number of esters is 1. The Kier molecular flexibility index (Phi) is 3.75. The van der Waals surface area contributed by atoms with Gasteiger partial charge in [0.1, 0.15) is 11.3 Å². The summed E-state index contributed by atoms with van der Waals surface area (Å²) in [6.45, 7) is 0.503. The van der Waals surface area contributed by atoms with Gasteiger partial charge in [0.05, 0.1) is 40.6 Å². The lowest BCUT2D eigenvalue weighted by Gasteiger charge is -2.11. The van der Waals surface area contributed by atoms with Gasteiger partial charge in [-0.25, -0.2) is 9.78 Å². The van der Waals surface area contributed by atoms with E-state index in [1.807, 2.05) is 4.57 Å². The van der Waals surface area contributed by atoms with Crippen LogP contribution in [0, 0.1) is 16.7 Å². The Morgan fingerprint density at radius 2 is 2.27 bits per heavy atom. The first-order valence-electron chi connectivity index (χ1n) is 6.78. The summed E-state index contributed by atoms with van der Waals surface area (Å²) in [5, 5.41) is 9.68. The highest BCUT2D eigenvalue weighted by Gasteiger charge is 2.44. The highest BCUT2D eigenvalue weighted by Crippen LogP contribution is 2.47. The molecule has 0 bridgehead atoms. The van der Waals surface area contributed by atoms with E-state index >= 15 is 0 Å². The van der Waals surface area contributed by atoms with E-state index in [1.54, 1.807) is 6.07 Å². The van der Waals surface area contributed by atoms with Crippen molar-refractivity contribution in [2.75, 3.05) is 7.11 Å². The minimum Gasteiger partial charge on any atom is -0.465 e. The van der Waals surface area contributed by atoms with Crippen LogP contribution < -0.4 is 0 Å². The van der Waals surface area contributed by atoms with Gasteiger partial charge < -0.3 is 9.30 Å². The lowest BCUT2D eigenvalue weighted by atomic mass is 10.1.